The molecule has 0 amide bonds. The minimum Gasteiger partial charge on any atom is -0.366 e. The average Bonchev–Trinajstić information content (AvgIpc) is 2.45. The van der Waals surface area contributed by atoms with Crippen LogP contribution in [0.3, 0.4) is 0 Å². The average molecular weight is 255 g/mol. The number of pyridine rings is 1. The lowest BCUT2D eigenvalue weighted by molar-refractivity contribution is 0.805. The summed E-state index contributed by atoms with van der Waals surface area (Å²) in [4.78, 5) is 6.87. The minimum atomic E-state index is 0.589. The minimum absolute atomic E-state index is 0.589. The Labute approximate surface area is 115 Å². The van der Waals surface area contributed by atoms with Gasteiger partial charge < -0.3 is 10.6 Å². The van der Waals surface area contributed by atoms with Crippen molar-refractivity contribution in [3.8, 4) is 0 Å². The summed E-state index contributed by atoms with van der Waals surface area (Å²) in [5.41, 5.74) is 10.2. The molecule has 0 radical (unpaired) electrons. The molecule has 3 nitrogen and oxygen atoms in total. The van der Waals surface area contributed by atoms with Crippen LogP contribution in [0.2, 0.25) is 0 Å². The zero-order chi connectivity index (χ0) is 13.7. The van der Waals surface area contributed by atoms with E-state index in [0.717, 1.165) is 30.0 Å². The molecule has 0 saturated heterocycles. The van der Waals surface area contributed by atoms with Crippen LogP contribution >= 0.6 is 0 Å². The summed E-state index contributed by atoms with van der Waals surface area (Å²) in [5, 5.41) is 0. The highest BCUT2D eigenvalue weighted by molar-refractivity contribution is 5.47. The zero-order valence-corrected chi connectivity index (χ0v) is 11.6. The number of hydrogen-bond donors (Lipinski definition) is 1. The predicted molar refractivity (Wildman–Crippen MR) is 80.0 cm³/mol. The summed E-state index contributed by atoms with van der Waals surface area (Å²) in [6, 6.07) is 14.6. The fourth-order valence-corrected chi connectivity index (χ4v) is 2.11. The molecular weight excluding hydrogens is 234 g/mol. The van der Waals surface area contributed by atoms with Crippen molar-refractivity contribution in [2.24, 2.45) is 5.73 Å². The normalized spacial score (nSPS) is 10.5. The van der Waals surface area contributed by atoms with Crippen LogP contribution in [0.15, 0.2) is 42.5 Å². The molecule has 0 spiro atoms. The van der Waals surface area contributed by atoms with E-state index in [-0.39, 0.29) is 0 Å². The molecule has 1 aromatic heterocycles. The largest absolute Gasteiger partial charge is 0.366 e. The standard InChI is InChI=1S/C16H21N3/c1-3-19(12-15-6-4-5-13(2)18-15)16-9-7-14(11-17)8-10-16/h4-10H,3,11-12,17H2,1-2H3. The number of benzene rings is 1. The molecule has 1 heterocycles. The van der Waals surface area contributed by atoms with Gasteiger partial charge in [0.2, 0.25) is 0 Å². The van der Waals surface area contributed by atoms with Gasteiger partial charge in [0.1, 0.15) is 0 Å². The van der Waals surface area contributed by atoms with Gasteiger partial charge in [0, 0.05) is 24.5 Å². The van der Waals surface area contributed by atoms with Gasteiger partial charge in [-0.1, -0.05) is 18.2 Å². The summed E-state index contributed by atoms with van der Waals surface area (Å²) >= 11 is 0. The van der Waals surface area contributed by atoms with E-state index in [4.69, 9.17) is 5.73 Å². The van der Waals surface area contributed by atoms with Gasteiger partial charge in [-0.3, -0.25) is 4.98 Å². The van der Waals surface area contributed by atoms with E-state index >= 15 is 0 Å². The van der Waals surface area contributed by atoms with Gasteiger partial charge >= 0.3 is 0 Å². The van der Waals surface area contributed by atoms with Crippen molar-refractivity contribution in [1.82, 2.24) is 4.98 Å². The molecule has 19 heavy (non-hydrogen) atoms. The highest BCUT2D eigenvalue weighted by atomic mass is 15.1. The number of nitrogens with zero attached hydrogens (tertiary/aromatic N) is 2. The first-order chi connectivity index (χ1) is 9.22. The monoisotopic (exact) mass is 255 g/mol. The lowest BCUT2D eigenvalue weighted by atomic mass is 10.2. The highest BCUT2D eigenvalue weighted by Gasteiger charge is 2.06. The van der Waals surface area contributed by atoms with Gasteiger partial charge in [-0.05, 0) is 43.7 Å². The van der Waals surface area contributed by atoms with E-state index in [1.807, 2.05) is 13.0 Å². The Morgan fingerprint density at radius 3 is 2.42 bits per heavy atom. The van der Waals surface area contributed by atoms with Crippen LogP contribution < -0.4 is 10.6 Å². The number of hydrogen-bond acceptors (Lipinski definition) is 3. The van der Waals surface area contributed by atoms with Gasteiger partial charge in [0.05, 0.1) is 12.2 Å². The second kappa shape index (κ2) is 6.34. The van der Waals surface area contributed by atoms with Crippen molar-refractivity contribution in [2.75, 3.05) is 11.4 Å². The molecule has 0 aliphatic carbocycles. The van der Waals surface area contributed by atoms with Gasteiger partial charge in [0.25, 0.3) is 0 Å². The Kier molecular flexibility index (Phi) is 4.53. The fourth-order valence-electron chi connectivity index (χ4n) is 2.11. The van der Waals surface area contributed by atoms with Crippen LogP contribution in [0.1, 0.15) is 23.9 Å². The number of aromatic nitrogens is 1. The lowest BCUT2D eigenvalue weighted by Gasteiger charge is -2.23. The van der Waals surface area contributed by atoms with Gasteiger partial charge in [-0.2, -0.15) is 0 Å². The van der Waals surface area contributed by atoms with E-state index in [0.29, 0.717) is 6.54 Å². The maximum absolute atomic E-state index is 5.63. The summed E-state index contributed by atoms with van der Waals surface area (Å²) in [6.07, 6.45) is 0. The third-order valence-electron chi connectivity index (χ3n) is 3.22. The Morgan fingerprint density at radius 1 is 1.11 bits per heavy atom. The first-order valence-corrected chi connectivity index (χ1v) is 6.69. The van der Waals surface area contributed by atoms with E-state index in [1.54, 1.807) is 0 Å². The molecule has 0 fully saturated rings. The molecule has 0 unspecified atom stereocenters. The van der Waals surface area contributed by atoms with Gasteiger partial charge in [-0.25, -0.2) is 0 Å². The maximum atomic E-state index is 5.63. The summed E-state index contributed by atoms with van der Waals surface area (Å²) in [5.74, 6) is 0. The second-order valence-corrected chi connectivity index (χ2v) is 4.66. The van der Waals surface area contributed by atoms with E-state index < -0.39 is 0 Å². The molecule has 2 N–H and O–H groups in total. The molecule has 3 heteroatoms. The van der Waals surface area contributed by atoms with E-state index in [2.05, 4.69) is 53.2 Å². The number of anilines is 1. The van der Waals surface area contributed by atoms with Gasteiger partial charge in [0.15, 0.2) is 0 Å². The van der Waals surface area contributed by atoms with Gasteiger partial charge in [-0.15, -0.1) is 0 Å². The topological polar surface area (TPSA) is 42.2 Å². The van der Waals surface area contributed by atoms with Crippen LogP contribution in [0.25, 0.3) is 0 Å². The summed E-state index contributed by atoms with van der Waals surface area (Å²) in [7, 11) is 0. The molecule has 1 aromatic carbocycles. The SMILES string of the molecule is CCN(Cc1cccc(C)n1)c1ccc(CN)cc1. The second-order valence-electron chi connectivity index (χ2n) is 4.66. The molecule has 2 aromatic rings. The van der Waals surface area contributed by atoms with Crippen molar-refractivity contribution in [3.05, 3.63) is 59.4 Å². The van der Waals surface area contributed by atoms with Crippen molar-refractivity contribution < 1.29 is 0 Å². The Bertz CT molecular complexity index is 520. The Morgan fingerprint density at radius 2 is 1.84 bits per heavy atom. The number of aryl methyl sites for hydroxylation is 1. The van der Waals surface area contributed by atoms with Crippen LogP contribution in [-0.2, 0) is 13.1 Å². The smallest absolute Gasteiger partial charge is 0.0602 e. The van der Waals surface area contributed by atoms with Crippen molar-refractivity contribution in [2.45, 2.75) is 26.9 Å². The molecule has 0 aliphatic heterocycles. The molecule has 100 valence electrons. The summed E-state index contributed by atoms with van der Waals surface area (Å²) in [6.45, 7) is 6.56. The quantitative estimate of drug-likeness (QED) is 0.893. The van der Waals surface area contributed by atoms with Crippen molar-refractivity contribution in [1.29, 1.82) is 0 Å². The van der Waals surface area contributed by atoms with Crippen LogP contribution in [0.4, 0.5) is 5.69 Å². The Hall–Kier alpha value is -1.87. The maximum Gasteiger partial charge on any atom is 0.0602 e. The van der Waals surface area contributed by atoms with Crippen molar-refractivity contribution >= 4 is 5.69 Å². The molecule has 0 saturated carbocycles. The lowest BCUT2D eigenvalue weighted by Crippen LogP contribution is -2.22. The fraction of sp³-hybridized carbons (Fsp3) is 0.312. The molecule has 2 rings (SSSR count). The van der Waals surface area contributed by atoms with E-state index in [9.17, 15) is 0 Å². The molecule has 0 atom stereocenters. The van der Waals surface area contributed by atoms with Crippen LogP contribution in [0.5, 0.6) is 0 Å². The van der Waals surface area contributed by atoms with Crippen LogP contribution in [-0.4, -0.2) is 11.5 Å². The third kappa shape index (κ3) is 3.55. The predicted octanol–water partition coefficient (Wildman–Crippen LogP) is 2.88. The molecular formula is C16H21N3. The van der Waals surface area contributed by atoms with Crippen molar-refractivity contribution in [3.63, 3.8) is 0 Å². The number of nitrogens with two attached hydrogens (primary N) is 1. The van der Waals surface area contributed by atoms with E-state index in [1.165, 1.54) is 5.69 Å². The Balaban J connectivity index is 2.15. The van der Waals surface area contributed by atoms with Crippen LogP contribution in [0, 0.1) is 6.92 Å². The highest BCUT2D eigenvalue weighted by Crippen LogP contribution is 2.17. The molecule has 0 bridgehead atoms. The first-order valence-electron chi connectivity index (χ1n) is 6.69. The molecule has 0 aliphatic rings. The number of rotatable bonds is 5. The first kappa shape index (κ1) is 13.6. The summed E-state index contributed by atoms with van der Waals surface area (Å²) < 4.78 is 0. The zero-order valence-electron chi connectivity index (χ0n) is 11.6. The third-order valence-corrected chi connectivity index (χ3v) is 3.22.